The van der Waals surface area contributed by atoms with E-state index in [9.17, 15) is 0 Å². The average Bonchev–Trinajstić information content (AvgIpc) is 2.69. The van der Waals surface area contributed by atoms with Crippen LogP contribution in [-0.2, 0) is 4.79 Å². The predicted molar refractivity (Wildman–Crippen MR) is 120 cm³/mol. The molecule has 1 aromatic carbocycles. The van der Waals surface area contributed by atoms with E-state index in [1.165, 1.54) is 6.42 Å². The second kappa shape index (κ2) is 9.82. The van der Waals surface area contributed by atoms with Gasteiger partial charge in [0.05, 0.1) is 0 Å². The molecule has 4 rings (SSSR count). The third kappa shape index (κ3) is 4.86. The Balaban J connectivity index is 0.000000806. The van der Waals surface area contributed by atoms with Gasteiger partial charge in [0.1, 0.15) is 5.69 Å². The number of likely N-dealkylation sites (tertiary alicyclic amines) is 1. The van der Waals surface area contributed by atoms with Crippen LogP contribution in [0.4, 0.5) is 5.82 Å². The van der Waals surface area contributed by atoms with Gasteiger partial charge in [0, 0.05) is 46.3 Å². The topological polar surface area (TPSA) is 91.2 Å². The van der Waals surface area contributed by atoms with E-state index in [0.29, 0.717) is 6.04 Å². The molecule has 30 heavy (non-hydrogen) atoms. The van der Waals surface area contributed by atoms with Crippen LogP contribution in [0, 0.1) is 13.8 Å². The number of pyridine rings is 1. The van der Waals surface area contributed by atoms with Crippen LogP contribution in [0.5, 0.6) is 0 Å². The number of hydrogen-bond donors (Lipinski definition) is 2. The number of nitrogens with one attached hydrogen (secondary N) is 1. The van der Waals surface area contributed by atoms with E-state index in [1.807, 2.05) is 30.6 Å². The van der Waals surface area contributed by atoms with Gasteiger partial charge in [-0.1, -0.05) is 11.6 Å². The number of likely N-dealkylation sites (N-methyl/N-ethyl adjacent to an activating group) is 1. The molecule has 0 radical (unpaired) electrons. The maximum atomic E-state index is 8.36. The average molecular weight is 428 g/mol. The van der Waals surface area contributed by atoms with Crippen molar-refractivity contribution < 1.29 is 9.90 Å². The highest BCUT2D eigenvalue weighted by Gasteiger charge is 2.20. The van der Waals surface area contributed by atoms with Crippen molar-refractivity contribution in [1.82, 2.24) is 20.1 Å². The Kier molecular flexibility index (Phi) is 7.18. The van der Waals surface area contributed by atoms with E-state index < -0.39 is 0 Å². The number of aryl methyl sites for hydroxylation is 2. The Hall–Kier alpha value is -2.77. The Morgan fingerprint density at radius 2 is 1.93 bits per heavy atom. The molecular weight excluding hydrogens is 402 g/mol. The summed E-state index contributed by atoms with van der Waals surface area (Å²) >= 11 is 6.21. The number of piperidine rings is 1. The van der Waals surface area contributed by atoms with Gasteiger partial charge >= 0.3 is 0 Å². The van der Waals surface area contributed by atoms with E-state index in [4.69, 9.17) is 21.5 Å². The Bertz CT molecular complexity index is 1020. The van der Waals surface area contributed by atoms with Crippen LogP contribution in [0.1, 0.15) is 24.0 Å². The predicted octanol–water partition coefficient (Wildman–Crippen LogP) is 4.17. The fourth-order valence-corrected chi connectivity index (χ4v) is 4.38. The van der Waals surface area contributed by atoms with E-state index in [-0.39, 0.29) is 6.47 Å². The van der Waals surface area contributed by atoms with Crippen molar-refractivity contribution in [1.29, 1.82) is 0 Å². The number of carboxylic acid groups (broad SMARTS) is 1. The lowest BCUT2D eigenvalue weighted by atomic mass is 9.97. The third-order valence-electron chi connectivity index (χ3n) is 5.28. The van der Waals surface area contributed by atoms with Gasteiger partial charge < -0.3 is 15.3 Å². The minimum absolute atomic E-state index is 0.250. The summed E-state index contributed by atoms with van der Waals surface area (Å²) in [6.07, 6.45) is 6.03. The van der Waals surface area contributed by atoms with Crippen molar-refractivity contribution in [3.63, 3.8) is 0 Å². The summed E-state index contributed by atoms with van der Waals surface area (Å²) in [7, 11) is 2.16. The Morgan fingerprint density at radius 1 is 1.23 bits per heavy atom. The lowest BCUT2D eigenvalue weighted by molar-refractivity contribution is -0.122. The van der Waals surface area contributed by atoms with Crippen molar-refractivity contribution in [2.24, 2.45) is 0 Å². The summed E-state index contributed by atoms with van der Waals surface area (Å²) in [4.78, 5) is 15.0. The van der Waals surface area contributed by atoms with Crippen molar-refractivity contribution in [2.45, 2.75) is 32.7 Å². The summed E-state index contributed by atoms with van der Waals surface area (Å²) in [5.41, 5.74) is 4.17. The zero-order valence-electron chi connectivity index (χ0n) is 17.4. The number of rotatable bonds is 3. The number of hydrogen-bond acceptors (Lipinski definition) is 6. The van der Waals surface area contributed by atoms with E-state index in [0.717, 1.165) is 63.5 Å². The Morgan fingerprint density at radius 3 is 2.60 bits per heavy atom. The largest absolute Gasteiger partial charge is 0.483 e. The smallest absolute Gasteiger partial charge is 0.290 e. The van der Waals surface area contributed by atoms with Gasteiger partial charge in [0.2, 0.25) is 0 Å². The second-order valence-electron chi connectivity index (χ2n) is 7.58. The molecule has 0 amide bonds. The lowest BCUT2D eigenvalue weighted by Crippen LogP contribution is -2.40. The maximum absolute atomic E-state index is 8.36. The number of anilines is 1. The number of halogens is 1. The summed E-state index contributed by atoms with van der Waals surface area (Å²) in [5, 5.41) is 22.5. The molecule has 0 aliphatic carbocycles. The molecule has 1 atom stereocenters. The van der Waals surface area contributed by atoms with Gasteiger partial charge in [-0.25, -0.2) is 0 Å². The molecule has 2 N–H and O–H groups in total. The van der Waals surface area contributed by atoms with Crippen molar-refractivity contribution in [3.8, 4) is 11.3 Å². The van der Waals surface area contributed by atoms with Gasteiger partial charge in [-0.2, -0.15) is 0 Å². The van der Waals surface area contributed by atoms with Gasteiger partial charge in [-0.3, -0.25) is 9.78 Å². The SMILES string of the molecule is Cc1cc(Cl)cc(C)c1-c1nnc(N[C@@H]2CCCN(C)C2)c2cnccc12.O=CO. The first-order chi connectivity index (χ1) is 14.4. The van der Waals surface area contributed by atoms with Crippen LogP contribution >= 0.6 is 11.6 Å². The molecule has 0 saturated carbocycles. The molecular formula is C22H26ClN5O2. The van der Waals surface area contributed by atoms with Crippen LogP contribution in [-0.4, -0.2) is 57.8 Å². The van der Waals surface area contributed by atoms with Crippen molar-refractivity contribution in [3.05, 3.63) is 46.7 Å². The number of carbonyl (C=O) groups is 1. The molecule has 0 spiro atoms. The molecule has 1 aliphatic heterocycles. The molecule has 0 bridgehead atoms. The summed E-state index contributed by atoms with van der Waals surface area (Å²) < 4.78 is 0. The highest BCUT2D eigenvalue weighted by Crippen LogP contribution is 2.34. The van der Waals surface area contributed by atoms with Crippen LogP contribution in [0.15, 0.2) is 30.6 Å². The minimum Gasteiger partial charge on any atom is -0.483 e. The van der Waals surface area contributed by atoms with Gasteiger partial charge in [-0.05, 0) is 69.6 Å². The first-order valence-corrected chi connectivity index (χ1v) is 10.2. The molecule has 2 aromatic heterocycles. The first-order valence-electron chi connectivity index (χ1n) is 9.85. The van der Waals surface area contributed by atoms with Crippen LogP contribution in [0.3, 0.4) is 0 Å². The number of nitrogens with zero attached hydrogens (tertiary/aromatic N) is 4. The Labute approximate surface area is 181 Å². The normalized spacial score (nSPS) is 16.6. The third-order valence-corrected chi connectivity index (χ3v) is 5.50. The number of aromatic nitrogens is 3. The zero-order chi connectivity index (χ0) is 21.7. The quantitative estimate of drug-likeness (QED) is 0.606. The monoisotopic (exact) mass is 427 g/mol. The number of benzene rings is 1. The van der Waals surface area contributed by atoms with E-state index in [2.05, 4.69) is 46.3 Å². The molecule has 1 fully saturated rings. The highest BCUT2D eigenvalue weighted by molar-refractivity contribution is 6.30. The minimum atomic E-state index is -0.250. The van der Waals surface area contributed by atoms with Gasteiger partial charge in [-0.15, -0.1) is 10.2 Å². The van der Waals surface area contributed by atoms with E-state index >= 15 is 0 Å². The second-order valence-corrected chi connectivity index (χ2v) is 8.02. The molecule has 8 heteroatoms. The van der Waals surface area contributed by atoms with Gasteiger partial charge in [0.25, 0.3) is 6.47 Å². The molecule has 3 aromatic rings. The van der Waals surface area contributed by atoms with Crippen LogP contribution in [0.2, 0.25) is 5.02 Å². The fourth-order valence-electron chi connectivity index (χ4n) is 4.05. The van der Waals surface area contributed by atoms with Gasteiger partial charge in [0.15, 0.2) is 5.82 Å². The standard InChI is InChI=1S/C21H24ClN5.CH2O2/c1-13-9-15(22)10-14(2)19(13)20-17-6-7-23-11-18(17)21(26-25-20)24-16-5-4-8-27(3)12-16;2-1-3/h6-7,9-11,16H,4-5,8,12H2,1-3H3,(H,24,26);1H,(H,2,3)/t16-;/m1./s1. The molecule has 158 valence electrons. The molecule has 3 heterocycles. The number of fused-ring (bicyclic) bond motifs is 1. The molecule has 0 unspecified atom stereocenters. The van der Waals surface area contributed by atoms with Crippen LogP contribution in [0.25, 0.3) is 22.0 Å². The zero-order valence-corrected chi connectivity index (χ0v) is 18.1. The molecule has 1 saturated heterocycles. The van der Waals surface area contributed by atoms with E-state index in [1.54, 1.807) is 0 Å². The fraction of sp³-hybridized carbons (Fsp3) is 0.364. The summed E-state index contributed by atoms with van der Waals surface area (Å²) in [6.45, 7) is 6.04. The van der Waals surface area contributed by atoms with Crippen LogP contribution < -0.4 is 5.32 Å². The highest BCUT2D eigenvalue weighted by atomic mass is 35.5. The maximum Gasteiger partial charge on any atom is 0.290 e. The van der Waals surface area contributed by atoms with Crippen molar-refractivity contribution in [2.75, 3.05) is 25.5 Å². The van der Waals surface area contributed by atoms with Crippen molar-refractivity contribution >= 4 is 34.7 Å². The molecule has 7 nitrogen and oxygen atoms in total. The molecule has 1 aliphatic rings. The summed E-state index contributed by atoms with van der Waals surface area (Å²) in [6, 6.07) is 6.35. The first kappa shape index (κ1) is 21.9. The lowest BCUT2D eigenvalue weighted by Gasteiger charge is -2.30. The summed E-state index contributed by atoms with van der Waals surface area (Å²) in [5.74, 6) is 0.811.